The number of pyridine rings is 1. The van der Waals surface area contributed by atoms with Gasteiger partial charge in [-0.2, -0.15) is 0 Å². The molecular formula is C16H13FN4O. The van der Waals surface area contributed by atoms with Crippen molar-refractivity contribution in [1.29, 1.82) is 0 Å². The molecule has 2 heterocycles. The molecular weight excluding hydrogens is 283 g/mol. The normalized spacial score (nSPS) is 10.4. The number of hydrogen-bond acceptors (Lipinski definition) is 3. The quantitative estimate of drug-likeness (QED) is 0.805. The topological polar surface area (TPSA) is 59.8 Å². The van der Waals surface area contributed by atoms with Gasteiger partial charge in [0, 0.05) is 18.5 Å². The first-order chi connectivity index (χ1) is 10.7. The smallest absolute Gasteiger partial charge is 0.229 e. The second-order valence-electron chi connectivity index (χ2n) is 4.66. The van der Waals surface area contributed by atoms with Crippen molar-refractivity contribution >= 4 is 11.7 Å². The van der Waals surface area contributed by atoms with Crippen molar-refractivity contribution < 1.29 is 9.18 Å². The van der Waals surface area contributed by atoms with Gasteiger partial charge in [0.15, 0.2) is 17.5 Å². The fourth-order valence-corrected chi connectivity index (χ4v) is 2.02. The molecule has 0 aliphatic rings. The fourth-order valence-electron chi connectivity index (χ4n) is 2.02. The Bertz CT molecular complexity index is 786. The van der Waals surface area contributed by atoms with Gasteiger partial charge in [0.05, 0.1) is 6.42 Å². The summed E-state index contributed by atoms with van der Waals surface area (Å²) in [5.41, 5.74) is 0.912. The number of carbonyl (C=O) groups excluding carboxylic acids is 1. The van der Waals surface area contributed by atoms with E-state index >= 15 is 0 Å². The molecule has 6 heteroatoms. The van der Waals surface area contributed by atoms with Crippen molar-refractivity contribution in [2.75, 3.05) is 5.32 Å². The molecule has 0 spiro atoms. The van der Waals surface area contributed by atoms with E-state index < -0.39 is 5.82 Å². The SMILES string of the molecule is O=C(Cc1ccccc1)Nc1ccn(-c2ncccc2F)n1. The molecule has 0 radical (unpaired) electrons. The molecule has 3 rings (SSSR count). The molecule has 0 aliphatic heterocycles. The Morgan fingerprint density at radius 3 is 2.73 bits per heavy atom. The minimum Gasteiger partial charge on any atom is -0.309 e. The van der Waals surface area contributed by atoms with Gasteiger partial charge in [0.25, 0.3) is 0 Å². The molecule has 0 saturated heterocycles. The van der Waals surface area contributed by atoms with Gasteiger partial charge in [0.1, 0.15) is 0 Å². The molecule has 1 aromatic carbocycles. The van der Waals surface area contributed by atoms with E-state index in [1.54, 1.807) is 12.3 Å². The van der Waals surface area contributed by atoms with Crippen LogP contribution in [0.25, 0.3) is 5.82 Å². The lowest BCUT2D eigenvalue weighted by atomic mass is 10.1. The molecule has 0 atom stereocenters. The number of amides is 1. The number of nitrogens with one attached hydrogen (secondary N) is 1. The van der Waals surface area contributed by atoms with Crippen LogP contribution in [0.4, 0.5) is 10.2 Å². The predicted octanol–water partition coefficient (Wildman–Crippen LogP) is 2.59. The van der Waals surface area contributed by atoms with Crippen molar-refractivity contribution in [2.24, 2.45) is 0 Å². The Morgan fingerprint density at radius 2 is 1.95 bits per heavy atom. The predicted molar refractivity (Wildman–Crippen MR) is 80.1 cm³/mol. The highest BCUT2D eigenvalue weighted by molar-refractivity contribution is 5.91. The zero-order valence-corrected chi connectivity index (χ0v) is 11.6. The average Bonchev–Trinajstić information content (AvgIpc) is 2.97. The number of halogens is 1. The maximum Gasteiger partial charge on any atom is 0.229 e. The number of anilines is 1. The molecule has 0 saturated carbocycles. The van der Waals surface area contributed by atoms with Crippen LogP contribution >= 0.6 is 0 Å². The average molecular weight is 296 g/mol. The highest BCUT2D eigenvalue weighted by atomic mass is 19.1. The van der Waals surface area contributed by atoms with Gasteiger partial charge >= 0.3 is 0 Å². The molecule has 5 nitrogen and oxygen atoms in total. The van der Waals surface area contributed by atoms with Gasteiger partial charge in [0.2, 0.25) is 5.91 Å². The van der Waals surface area contributed by atoms with Crippen molar-refractivity contribution in [3.8, 4) is 5.82 Å². The third kappa shape index (κ3) is 3.17. The Kier molecular flexibility index (Phi) is 3.91. The van der Waals surface area contributed by atoms with Crippen LogP contribution in [0.1, 0.15) is 5.56 Å². The number of benzene rings is 1. The van der Waals surface area contributed by atoms with E-state index in [4.69, 9.17) is 0 Å². The molecule has 0 unspecified atom stereocenters. The van der Waals surface area contributed by atoms with Crippen LogP contribution in [0, 0.1) is 5.82 Å². The number of rotatable bonds is 4. The number of nitrogens with zero attached hydrogens (tertiary/aromatic N) is 3. The highest BCUT2D eigenvalue weighted by Gasteiger charge is 2.09. The summed E-state index contributed by atoms with van der Waals surface area (Å²) in [6, 6.07) is 13.8. The minimum atomic E-state index is -0.479. The Morgan fingerprint density at radius 1 is 1.14 bits per heavy atom. The minimum absolute atomic E-state index is 0.0889. The number of carbonyl (C=O) groups is 1. The summed E-state index contributed by atoms with van der Waals surface area (Å²) in [7, 11) is 0. The Balaban J connectivity index is 1.70. The van der Waals surface area contributed by atoms with Crippen LogP contribution < -0.4 is 5.32 Å². The summed E-state index contributed by atoms with van der Waals surface area (Å²) in [5, 5.41) is 6.78. The summed E-state index contributed by atoms with van der Waals surface area (Å²) in [6.45, 7) is 0. The summed E-state index contributed by atoms with van der Waals surface area (Å²) < 4.78 is 14.9. The molecule has 0 bridgehead atoms. The zero-order chi connectivity index (χ0) is 15.4. The van der Waals surface area contributed by atoms with Crippen molar-refractivity contribution in [2.45, 2.75) is 6.42 Å². The standard InChI is InChI=1S/C16H13FN4O/c17-13-7-4-9-18-16(13)21-10-8-14(20-21)19-15(22)11-12-5-2-1-3-6-12/h1-10H,11H2,(H,19,20,22). The lowest BCUT2D eigenvalue weighted by Gasteiger charge is -2.03. The maximum atomic E-state index is 13.6. The van der Waals surface area contributed by atoms with Crippen LogP contribution in [-0.2, 0) is 11.2 Å². The molecule has 1 amide bonds. The fraction of sp³-hybridized carbons (Fsp3) is 0.0625. The third-order valence-corrected chi connectivity index (χ3v) is 3.02. The third-order valence-electron chi connectivity index (χ3n) is 3.02. The lowest BCUT2D eigenvalue weighted by molar-refractivity contribution is -0.115. The van der Waals surface area contributed by atoms with E-state index in [0.29, 0.717) is 5.82 Å². The molecule has 110 valence electrons. The molecule has 0 fully saturated rings. The van der Waals surface area contributed by atoms with Crippen LogP contribution in [0.2, 0.25) is 0 Å². The largest absolute Gasteiger partial charge is 0.309 e. The number of aromatic nitrogens is 3. The van der Waals surface area contributed by atoms with Crippen molar-refractivity contribution in [3.05, 3.63) is 72.3 Å². The molecule has 2 aromatic heterocycles. The van der Waals surface area contributed by atoms with E-state index in [9.17, 15) is 9.18 Å². The summed E-state index contributed by atoms with van der Waals surface area (Å²) in [4.78, 5) is 15.9. The van der Waals surface area contributed by atoms with Crippen LogP contribution in [-0.4, -0.2) is 20.7 Å². The van der Waals surface area contributed by atoms with Gasteiger partial charge in [-0.3, -0.25) is 4.79 Å². The zero-order valence-electron chi connectivity index (χ0n) is 11.6. The molecule has 0 aliphatic carbocycles. The molecule has 22 heavy (non-hydrogen) atoms. The van der Waals surface area contributed by atoms with Crippen molar-refractivity contribution in [1.82, 2.24) is 14.8 Å². The van der Waals surface area contributed by atoms with E-state index in [-0.39, 0.29) is 18.1 Å². The van der Waals surface area contributed by atoms with Crippen LogP contribution in [0.5, 0.6) is 0 Å². The second-order valence-corrected chi connectivity index (χ2v) is 4.66. The van der Waals surface area contributed by atoms with Gasteiger partial charge in [-0.15, -0.1) is 5.10 Å². The Labute approximate surface area is 126 Å². The summed E-state index contributed by atoms with van der Waals surface area (Å²) in [6.07, 6.45) is 3.28. The van der Waals surface area contributed by atoms with Gasteiger partial charge in [-0.25, -0.2) is 14.1 Å². The second kappa shape index (κ2) is 6.17. The van der Waals surface area contributed by atoms with Gasteiger partial charge in [-0.05, 0) is 17.7 Å². The summed E-state index contributed by atoms with van der Waals surface area (Å²) in [5.74, 6) is -0.220. The molecule has 3 aromatic rings. The first kappa shape index (κ1) is 13.9. The lowest BCUT2D eigenvalue weighted by Crippen LogP contribution is -2.15. The molecule has 1 N–H and O–H groups in total. The number of hydrogen-bond donors (Lipinski definition) is 1. The van der Waals surface area contributed by atoms with Gasteiger partial charge in [-0.1, -0.05) is 30.3 Å². The van der Waals surface area contributed by atoms with E-state index in [2.05, 4.69) is 15.4 Å². The van der Waals surface area contributed by atoms with E-state index in [1.165, 1.54) is 23.0 Å². The highest BCUT2D eigenvalue weighted by Crippen LogP contribution is 2.11. The van der Waals surface area contributed by atoms with E-state index in [1.807, 2.05) is 30.3 Å². The van der Waals surface area contributed by atoms with Crippen LogP contribution in [0.3, 0.4) is 0 Å². The first-order valence-corrected chi connectivity index (χ1v) is 6.73. The summed E-state index contributed by atoms with van der Waals surface area (Å²) >= 11 is 0. The van der Waals surface area contributed by atoms with Crippen molar-refractivity contribution in [3.63, 3.8) is 0 Å². The monoisotopic (exact) mass is 296 g/mol. The maximum absolute atomic E-state index is 13.6. The first-order valence-electron chi connectivity index (χ1n) is 6.73. The van der Waals surface area contributed by atoms with Crippen LogP contribution in [0.15, 0.2) is 60.9 Å². The van der Waals surface area contributed by atoms with E-state index in [0.717, 1.165) is 5.56 Å². The van der Waals surface area contributed by atoms with Gasteiger partial charge < -0.3 is 5.32 Å². The Hall–Kier alpha value is -3.02.